The van der Waals surface area contributed by atoms with E-state index in [4.69, 9.17) is 15.0 Å². The minimum Gasteiger partial charge on any atom is -0.278 e. The number of hydrogen-bond donors (Lipinski definition) is 0. The molecule has 0 fully saturated rings. The molecule has 6 heteroatoms. The summed E-state index contributed by atoms with van der Waals surface area (Å²) in [4.78, 5) is 16.9. The first-order chi connectivity index (χ1) is 44.2. The van der Waals surface area contributed by atoms with E-state index in [9.17, 15) is 0 Å². The van der Waals surface area contributed by atoms with E-state index in [1.54, 1.807) is 0 Å². The van der Waals surface area contributed by atoms with Crippen LogP contribution >= 0.6 is 0 Å². The molecule has 3 aliphatic carbocycles. The van der Waals surface area contributed by atoms with Crippen molar-refractivity contribution in [1.82, 2.24) is 19.5 Å². The van der Waals surface area contributed by atoms with Crippen LogP contribution in [0.3, 0.4) is 0 Å². The Morgan fingerprint density at radius 2 is 0.674 bits per heavy atom. The molecule has 2 aromatic heterocycles. The maximum Gasteiger partial charge on any atom is 0.238 e. The molecule has 0 saturated carbocycles. The highest BCUT2D eigenvalue weighted by atomic mass is 28.3. The number of benzene rings is 13. The summed E-state index contributed by atoms with van der Waals surface area (Å²) in [6, 6.07) is 126. The standard InChI is InChI=1S/C83H58N4Si2/c1-8-30-57(31-9-1)81-84-82(86-83(85-81)87-74-52-27-26-45-66(74)67-55-54-64(56-75(67)87)88(58-32-10-2-11-33-58,59-34-12-3-13-35-59)60-36-14-4-15-37-60)71-48-25-22-44-65(71)68-49-28-50-72-77-69-46-23-24-47-70(69)80(78(68)72)79-73(77)51-29-53-76(79)89(61-38-16-5-17-39-61,62-40-18-6-19-41-62)63-42-20-7-21-43-63/h1-56,77,80H. The van der Waals surface area contributed by atoms with Crippen molar-refractivity contribution >= 4 is 79.4 Å². The van der Waals surface area contributed by atoms with Crippen LogP contribution in [-0.2, 0) is 0 Å². The largest absolute Gasteiger partial charge is 0.278 e. The van der Waals surface area contributed by atoms with Crippen molar-refractivity contribution in [3.05, 3.63) is 373 Å². The van der Waals surface area contributed by atoms with Crippen molar-refractivity contribution in [1.29, 1.82) is 0 Å². The summed E-state index contributed by atoms with van der Waals surface area (Å²) in [5, 5.41) is 13.0. The molecular weight excluding hydrogens is 1110 g/mol. The predicted molar refractivity (Wildman–Crippen MR) is 372 cm³/mol. The molecule has 0 radical (unpaired) electrons. The topological polar surface area (TPSA) is 43.6 Å². The van der Waals surface area contributed by atoms with Crippen molar-refractivity contribution in [3.63, 3.8) is 0 Å². The fraction of sp³-hybridized carbons (Fsp3) is 0.0241. The molecule has 0 aliphatic heterocycles. The Kier molecular flexibility index (Phi) is 12.7. The van der Waals surface area contributed by atoms with Crippen LogP contribution in [0.2, 0.25) is 0 Å². The van der Waals surface area contributed by atoms with Crippen molar-refractivity contribution in [2.45, 2.75) is 11.8 Å². The van der Waals surface area contributed by atoms with Crippen LogP contribution in [0.4, 0.5) is 0 Å². The Balaban J connectivity index is 0.905. The summed E-state index contributed by atoms with van der Waals surface area (Å²) in [7, 11) is -5.98. The molecule has 418 valence electrons. The van der Waals surface area contributed by atoms with Crippen LogP contribution < -0.4 is 41.5 Å². The van der Waals surface area contributed by atoms with Crippen LogP contribution in [0, 0.1) is 0 Å². The SMILES string of the molecule is c1ccc(-c2nc(-c3ccccc3-c3cccc4c3C3c5ccccc5C4c4cccc([Si](c5ccccc5)(c5ccccc5)c5ccccc5)c43)nc(-n3c4ccccc4c4ccc([Si](c5ccccc5)(c5ccccc5)c5ccccc5)cc43)n2)cc1. The van der Waals surface area contributed by atoms with Crippen LogP contribution in [0.1, 0.15) is 45.2 Å². The lowest BCUT2D eigenvalue weighted by atomic mass is 9.60. The number of rotatable bonds is 12. The molecule has 0 saturated heterocycles. The maximum atomic E-state index is 5.76. The van der Waals surface area contributed by atoms with Gasteiger partial charge in [-0.3, -0.25) is 4.57 Å². The molecule has 0 spiro atoms. The van der Waals surface area contributed by atoms with Gasteiger partial charge in [-0.05, 0) is 98.1 Å². The first-order valence-corrected chi connectivity index (χ1v) is 34.8. The summed E-state index contributed by atoms with van der Waals surface area (Å²) < 4.78 is 2.30. The van der Waals surface area contributed by atoms with Gasteiger partial charge < -0.3 is 0 Å². The van der Waals surface area contributed by atoms with Crippen LogP contribution in [0.5, 0.6) is 0 Å². The van der Waals surface area contributed by atoms with Gasteiger partial charge in [0.1, 0.15) is 0 Å². The molecule has 18 rings (SSSR count). The zero-order valence-electron chi connectivity index (χ0n) is 48.8. The molecule has 89 heavy (non-hydrogen) atoms. The second-order valence-corrected chi connectivity index (χ2v) is 31.2. The van der Waals surface area contributed by atoms with Gasteiger partial charge in [0.2, 0.25) is 5.95 Å². The van der Waals surface area contributed by atoms with Gasteiger partial charge in [0.15, 0.2) is 27.8 Å². The van der Waals surface area contributed by atoms with Crippen LogP contribution in [0.15, 0.2) is 340 Å². The van der Waals surface area contributed by atoms with Crippen molar-refractivity contribution < 1.29 is 0 Å². The third kappa shape index (κ3) is 8.14. The smallest absolute Gasteiger partial charge is 0.238 e. The van der Waals surface area contributed by atoms with Gasteiger partial charge in [-0.15, -0.1) is 0 Å². The summed E-state index contributed by atoms with van der Waals surface area (Å²) in [5.41, 5.74) is 14.4. The summed E-state index contributed by atoms with van der Waals surface area (Å²) in [6.45, 7) is 0. The number of hydrogen-bond acceptors (Lipinski definition) is 3. The second-order valence-electron chi connectivity index (χ2n) is 23.6. The summed E-state index contributed by atoms with van der Waals surface area (Å²) >= 11 is 0. The lowest BCUT2D eigenvalue weighted by Gasteiger charge is -2.47. The fourth-order valence-electron chi connectivity index (χ4n) is 15.6. The average molecular weight is 1170 g/mol. The molecule has 0 N–H and O–H groups in total. The van der Waals surface area contributed by atoms with Gasteiger partial charge >= 0.3 is 0 Å². The van der Waals surface area contributed by atoms with Gasteiger partial charge in [0, 0.05) is 33.7 Å². The molecule has 3 aliphatic rings. The Bertz CT molecular complexity index is 4940. The molecule has 0 amide bonds. The van der Waals surface area contributed by atoms with E-state index in [1.165, 1.54) is 80.4 Å². The van der Waals surface area contributed by atoms with Gasteiger partial charge in [0.05, 0.1) is 11.0 Å². The van der Waals surface area contributed by atoms with E-state index in [-0.39, 0.29) is 11.8 Å². The van der Waals surface area contributed by atoms with Crippen molar-refractivity contribution in [3.8, 4) is 39.9 Å². The highest BCUT2D eigenvalue weighted by molar-refractivity contribution is 7.20. The van der Waals surface area contributed by atoms with E-state index in [1.807, 2.05) is 0 Å². The summed E-state index contributed by atoms with van der Waals surface area (Å²) in [6.07, 6.45) is 0. The molecule has 2 bridgehead atoms. The molecule has 13 aromatic carbocycles. The minimum absolute atomic E-state index is 0.0170. The number of aromatic nitrogens is 4. The van der Waals surface area contributed by atoms with E-state index < -0.39 is 16.1 Å². The van der Waals surface area contributed by atoms with E-state index in [2.05, 4.69) is 344 Å². The van der Waals surface area contributed by atoms with Gasteiger partial charge in [-0.1, -0.05) is 328 Å². The van der Waals surface area contributed by atoms with Crippen molar-refractivity contribution in [2.75, 3.05) is 0 Å². The molecule has 15 aromatic rings. The third-order valence-electron chi connectivity index (χ3n) is 19.2. The van der Waals surface area contributed by atoms with E-state index in [0.717, 1.165) is 38.5 Å². The van der Waals surface area contributed by atoms with Crippen LogP contribution in [-0.4, -0.2) is 35.7 Å². The number of para-hydroxylation sites is 1. The van der Waals surface area contributed by atoms with E-state index in [0.29, 0.717) is 17.6 Å². The normalized spacial score (nSPS) is 14.1. The zero-order valence-corrected chi connectivity index (χ0v) is 50.8. The monoisotopic (exact) mass is 1170 g/mol. The number of nitrogens with zero attached hydrogens (tertiary/aromatic N) is 4. The van der Waals surface area contributed by atoms with Crippen molar-refractivity contribution in [2.24, 2.45) is 0 Å². The summed E-state index contributed by atoms with van der Waals surface area (Å²) in [5.74, 6) is 1.71. The van der Waals surface area contributed by atoms with Crippen LogP contribution in [0.25, 0.3) is 61.7 Å². The van der Waals surface area contributed by atoms with E-state index >= 15 is 0 Å². The molecule has 2 heterocycles. The quantitative estimate of drug-likeness (QED) is 0.0904. The molecule has 2 unspecified atom stereocenters. The van der Waals surface area contributed by atoms with Gasteiger partial charge in [0.25, 0.3) is 0 Å². The Labute approximate surface area is 520 Å². The highest BCUT2D eigenvalue weighted by Gasteiger charge is 2.50. The minimum atomic E-state index is -3.02. The molecular formula is C83H58N4Si2. The van der Waals surface area contributed by atoms with Gasteiger partial charge in [-0.2, -0.15) is 9.97 Å². The Morgan fingerprint density at radius 3 is 1.25 bits per heavy atom. The first-order valence-electron chi connectivity index (χ1n) is 30.8. The average Bonchev–Trinajstić information content (AvgIpc) is 1.37. The maximum absolute atomic E-state index is 5.76. The predicted octanol–water partition coefficient (Wildman–Crippen LogP) is 13.7. The first kappa shape index (κ1) is 52.4. The lowest BCUT2D eigenvalue weighted by molar-refractivity contribution is 0.760. The third-order valence-corrected chi connectivity index (χ3v) is 28.8. The number of fused-ring (bicyclic) bond motifs is 3. The van der Waals surface area contributed by atoms with Gasteiger partial charge in [-0.25, -0.2) is 4.98 Å². The highest BCUT2D eigenvalue weighted by Crippen LogP contribution is 2.58. The Morgan fingerprint density at radius 1 is 0.258 bits per heavy atom. The lowest BCUT2D eigenvalue weighted by Crippen LogP contribution is -2.75. The fourth-order valence-corrected chi connectivity index (χ4v) is 25.4. The molecule has 4 nitrogen and oxygen atoms in total. The molecule has 2 atom stereocenters. The second kappa shape index (κ2) is 21.5. The zero-order chi connectivity index (χ0) is 58.9. The Hall–Kier alpha value is -10.9.